The molecule has 3 aliphatic rings. The lowest BCUT2D eigenvalue weighted by atomic mass is 9.75. The van der Waals surface area contributed by atoms with E-state index >= 15 is 0 Å². The molecule has 2 aromatic carbocycles. The summed E-state index contributed by atoms with van der Waals surface area (Å²) in [5, 5.41) is 6.16. The number of ether oxygens (including phenoxy) is 2. The van der Waals surface area contributed by atoms with Gasteiger partial charge in [0.1, 0.15) is 5.75 Å². The van der Waals surface area contributed by atoms with Crippen LogP contribution in [-0.2, 0) is 21.5 Å². The van der Waals surface area contributed by atoms with Gasteiger partial charge in [-0.05, 0) is 120 Å². The molecule has 0 bridgehead atoms. The number of amides is 2. The molecular weight excluding hydrogens is 606 g/mol. The Labute approximate surface area is 283 Å². The number of hydrogen-bond donors (Lipinski definition) is 3. The van der Waals surface area contributed by atoms with Gasteiger partial charge in [-0.2, -0.15) is 0 Å². The second kappa shape index (κ2) is 13.8. The van der Waals surface area contributed by atoms with Crippen LogP contribution < -0.4 is 25.8 Å². The van der Waals surface area contributed by atoms with E-state index in [1.165, 1.54) is 7.11 Å². The van der Waals surface area contributed by atoms with E-state index in [9.17, 15) is 14.4 Å². The first kappa shape index (κ1) is 33.7. The molecule has 2 aliphatic heterocycles. The molecule has 256 valence electrons. The molecule has 0 unspecified atom stereocenters. The van der Waals surface area contributed by atoms with E-state index in [1.54, 1.807) is 13.0 Å². The van der Waals surface area contributed by atoms with E-state index < -0.39 is 5.41 Å². The van der Waals surface area contributed by atoms with Crippen LogP contribution in [0.1, 0.15) is 78.2 Å². The number of aromatic nitrogens is 1. The van der Waals surface area contributed by atoms with Gasteiger partial charge >= 0.3 is 0 Å². The smallest absolute Gasteiger partial charge is 0.256 e. The van der Waals surface area contributed by atoms with Gasteiger partial charge in [0.05, 0.1) is 24.6 Å². The molecule has 0 atom stereocenters. The van der Waals surface area contributed by atoms with Gasteiger partial charge in [0.25, 0.3) is 11.5 Å². The summed E-state index contributed by atoms with van der Waals surface area (Å²) >= 11 is 0. The van der Waals surface area contributed by atoms with Crippen molar-refractivity contribution in [1.82, 2.24) is 15.2 Å². The fourth-order valence-corrected chi connectivity index (χ4v) is 8.04. The molecule has 0 radical (unpaired) electrons. The second-order valence-electron chi connectivity index (χ2n) is 13.8. The molecule has 1 saturated carbocycles. The van der Waals surface area contributed by atoms with Gasteiger partial charge in [0.2, 0.25) is 5.91 Å². The van der Waals surface area contributed by atoms with Gasteiger partial charge in [-0.25, -0.2) is 0 Å². The second-order valence-corrected chi connectivity index (χ2v) is 13.8. The third kappa shape index (κ3) is 6.23. The number of benzene rings is 2. The third-order valence-electron chi connectivity index (χ3n) is 10.9. The number of anilines is 2. The molecule has 3 heterocycles. The molecule has 1 saturated heterocycles. The highest BCUT2D eigenvalue weighted by Crippen LogP contribution is 2.46. The highest BCUT2D eigenvalue weighted by Gasteiger charge is 2.47. The van der Waals surface area contributed by atoms with Crippen molar-refractivity contribution in [3.05, 3.63) is 74.7 Å². The molecule has 2 amide bonds. The van der Waals surface area contributed by atoms with Crippen molar-refractivity contribution in [2.24, 2.45) is 0 Å². The number of fused-ring (bicyclic) bond motifs is 2. The first-order chi connectivity index (χ1) is 23.1. The third-order valence-corrected chi connectivity index (χ3v) is 10.9. The van der Waals surface area contributed by atoms with E-state index in [2.05, 4.69) is 64.6 Å². The fraction of sp³-hybridized carbons (Fsp3) is 0.500. The summed E-state index contributed by atoms with van der Waals surface area (Å²) in [4.78, 5) is 47.7. The van der Waals surface area contributed by atoms with E-state index in [0.717, 1.165) is 65.9 Å². The van der Waals surface area contributed by atoms with E-state index in [1.807, 2.05) is 19.1 Å². The van der Waals surface area contributed by atoms with Gasteiger partial charge in [-0.15, -0.1) is 0 Å². The SMILES string of the molecule is CCN(c1cc(-c2ccc3c(c2)NC(=O)C32CCOCC2)cc(C(=O)NCc2c(OC)cc(C)[nH]c2=O)c1C)C1CCC(N(C)C)CC1. The van der Waals surface area contributed by atoms with Crippen molar-refractivity contribution in [2.45, 2.75) is 83.3 Å². The predicted octanol–water partition coefficient (Wildman–Crippen LogP) is 5.30. The number of H-pyrrole nitrogens is 1. The summed E-state index contributed by atoms with van der Waals surface area (Å²) < 4.78 is 11.1. The lowest BCUT2D eigenvalue weighted by Gasteiger charge is -2.40. The Morgan fingerprint density at radius 3 is 2.38 bits per heavy atom. The Morgan fingerprint density at radius 1 is 1.00 bits per heavy atom. The van der Waals surface area contributed by atoms with Crippen LogP contribution in [0.25, 0.3) is 11.1 Å². The minimum absolute atomic E-state index is 0.0271. The number of nitrogens with zero attached hydrogens (tertiary/aromatic N) is 2. The summed E-state index contributed by atoms with van der Waals surface area (Å²) in [6, 6.07) is 13.0. The molecule has 1 aliphatic carbocycles. The molecule has 10 heteroatoms. The molecular formula is C38H49N5O5. The number of aryl methyl sites for hydroxylation is 1. The zero-order chi connectivity index (χ0) is 34.2. The van der Waals surface area contributed by atoms with Crippen LogP contribution in [0.4, 0.5) is 11.4 Å². The number of hydrogen-bond acceptors (Lipinski definition) is 7. The normalized spacial score (nSPS) is 20.0. The van der Waals surface area contributed by atoms with Crippen LogP contribution in [-0.4, -0.2) is 74.7 Å². The standard InChI is InChI=1S/C38H49N5O5/c1-7-43(28-11-9-27(10-12-28)42(4)5)33-21-26(25-8-13-31-32(20-25)41-37(46)38(31)14-16-48-17-15-38)19-29(24(33)3)35(44)39-22-30-34(47-6)18-23(2)40-36(30)45/h8,13,18-21,27-28H,7,9-12,14-17,22H2,1-6H3,(H,39,44)(H,40,45)(H,41,46). The van der Waals surface area contributed by atoms with Crippen LogP contribution in [0.2, 0.25) is 0 Å². The Kier molecular flexibility index (Phi) is 9.67. The van der Waals surface area contributed by atoms with Crippen molar-refractivity contribution >= 4 is 23.2 Å². The monoisotopic (exact) mass is 655 g/mol. The zero-order valence-corrected chi connectivity index (χ0v) is 29.1. The zero-order valence-electron chi connectivity index (χ0n) is 29.1. The number of nitrogens with one attached hydrogen (secondary N) is 3. The highest BCUT2D eigenvalue weighted by atomic mass is 16.5. The number of carbonyl (C=O) groups excluding carboxylic acids is 2. The van der Waals surface area contributed by atoms with Crippen LogP contribution >= 0.6 is 0 Å². The van der Waals surface area contributed by atoms with Crippen molar-refractivity contribution in [3.8, 4) is 16.9 Å². The van der Waals surface area contributed by atoms with Crippen molar-refractivity contribution in [2.75, 3.05) is 51.2 Å². The van der Waals surface area contributed by atoms with Crippen LogP contribution in [0.15, 0.2) is 41.2 Å². The minimum atomic E-state index is -0.547. The maximum absolute atomic E-state index is 14.0. The Morgan fingerprint density at radius 2 is 1.71 bits per heavy atom. The molecule has 1 spiro atoms. The lowest BCUT2D eigenvalue weighted by molar-refractivity contribution is -0.124. The Balaban J connectivity index is 1.38. The first-order valence-electron chi connectivity index (χ1n) is 17.2. The van der Waals surface area contributed by atoms with Crippen molar-refractivity contribution in [3.63, 3.8) is 0 Å². The maximum Gasteiger partial charge on any atom is 0.256 e. The van der Waals surface area contributed by atoms with Crippen LogP contribution in [0.5, 0.6) is 5.75 Å². The number of carbonyl (C=O) groups is 2. The van der Waals surface area contributed by atoms with Crippen LogP contribution in [0.3, 0.4) is 0 Å². The topological polar surface area (TPSA) is 116 Å². The minimum Gasteiger partial charge on any atom is -0.496 e. The molecule has 3 N–H and O–H groups in total. The van der Waals surface area contributed by atoms with Gasteiger partial charge in [-0.3, -0.25) is 14.4 Å². The summed E-state index contributed by atoms with van der Waals surface area (Å²) in [6.45, 7) is 7.96. The van der Waals surface area contributed by atoms with E-state index in [4.69, 9.17) is 9.47 Å². The predicted molar refractivity (Wildman–Crippen MR) is 189 cm³/mol. The number of rotatable bonds is 9. The molecule has 3 aromatic rings. The summed E-state index contributed by atoms with van der Waals surface area (Å²) in [7, 11) is 5.84. The summed E-state index contributed by atoms with van der Waals surface area (Å²) in [5.74, 6) is 0.214. The van der Waals surface area contributed by atoms with E-state index in [-0.39, 0.29) is 23.9 Å². The fourth-order valence-electron chi connectivity index (χ4n) is 8.04. The molecule has 48 heavy (non-hydrogen) atoms. The number of aromatic amines is 1. The number of pyridine rings is 1. The maximum atomic E-state index is 14.0. The van der Waals surface area contributed by atoms with Gasteiger partial charge in [0.15, 0.2) is 0 Å². The Hall–Kier alpha value is -4.15. The largest absolute Gasteiger partial charge is 0.496 e. The van der Waals surface area contributed by atoms with Gasteiger partial charge in [0, 0.05) is 54.5 Å². The van der Waals surface area contributed by atoms with E-state index in [0.29, 0.717) is 60.7 Å². The van der Waals surface area contributed by atoms with Gasteiger partial charge < -0.3 is 34.9 Å². The van der Waals surface area contributed by atoms with Crippen molar-refractivity contribution in [1.29, 1.82) is 0 Å². The average molecular weight is 656 g/mol. The number of methoxy groups -OCH3 is 1. The molecule has 10 nitrogen and oxygen atoms in total. The highest BCUT2D eigenvalue weighted by molar-refractivity contribution is 6.07. The first-order valence-corrected chi connectivity index (χ1v) is 17.2. The molecule has 2 fully saturated rings. The van der Waals surface area contributed by atoms with Crippen molar-refractivity contribution < 1.29 is 19.1 Å². The average Bonchev–Trinajstić information content (AvgIpc) is 3.34. The lowest BCUT2D eigenvalue weighted by Crippen LogP contribution is -2.42. The summed E-state index contributed by atoms with van der Waals surface area (Å²) in [6.07, 6.45) is 5.75. The Bertz CT molecular complexity index is 1750. The molecule has 6 rings (SSSR count). The molecule has 1 aromatic heterocycles. The van der Waals surface area contributed by atoms with Crippen LogP contribution in [0, 0.1) is 13.8 Å². The van der Waals surface area contributed by atoms with Gasteiger partial charge in [-0.1, -0.05) is 12.1 Å². The quantitative estimate of drug-likeness (QED) is 0.287. The summed E-state index contributed by atoms with van der Waals surface area (Å²) in [5.41, 5.74) is 6.38.